The van der Waals surface area contributed by atoms with Crippen LogP contribution in [0, 0.1) is 5.92 Å². The summed E-state index contributed by atoms with van der Waals surface area (Å²) in [6.45, 7) is 1.24. The number of hydrogen-bond acceptors (Lipinski definition) is 3. The van der Waals surface area contributed by atoms with Crippen LogP contribution in [0.4, 0.5) is 8.78 Å². The lowest BCUT2D eigenvalue weighted by atomic mass is 9.91. The molecule has 2 rings (SSSR count). The van der Waals surface area contributed by atoms with Crippen LogP contribution in [0.3, 0.4) is 0 Å². The minimum atomic E-state index is -2.42. The van der Waals surface area contributed by atoms with Gasteiger partial charge < -0.3 is 5.32 Å². The van der Waals surface area contributed by atoms with E-state index in [9.17, 15) is 8.78 Å². The maximum atomic E-state index is 12.1. The molecule has 10 heavy (non-hydrogen) atoms. The zero-order valence-corrected chi connectivity index (χ0v) is 5.22. The van der Waals surface area contributed by atoms with Crippen LogP contribution in [-0.2, 0) is 0 Å². The number of hydrogen-bond donors (Lipinski definition) is 1. The van der Waals surface area contributed by atoms with Gasteiger partial charge in [-0.05, 0) is 0 Å². The molecule has 0 spiro atoms. The van der Waals surface area contributed by atoms with E-state index in [0.717, 1.165) is 0 Å². The first kappa shape index (κ1) is 6.15. The molecule has 1 N–H and O–H groups in total. The molecule has 2 aliphatic heterocycles. The Morgan fingerprint density at radius 1 is 1.40 bits per heavy atom. The summed E-state index contributed by atoms with van der Waals surface area (Å²) in [5.41, 5.74) is -1.30. The second kappa shape index (κ2) is 1.72. The van der Waals surface area contributed by atoms with E-state index < -0.39 is 12.1 Å². The van der Waals surface area contributed by atoms with Crippen molar-refractivity contribution < 1.29 is 8.78 Å². The summed E-state index contributed by atoms with van der Waals surface area (Å²) in [4.78, 5) is 0. The van der Waals surface area contributed by atoms with Gasteiger partial charge in [-0.2, -0.15) is 10.2 Å². The SMILES string of the molecule is FC(F)C1(C2CNC2)N=N1. The van der Waals surface area contributed by atoms with Gasteiger partial charge in [0.25, 0.3) is 12.1 Å². The molecule has 2 heterocycles. The van der Waals surface area contributed by atoms with Crippen LogP contribution in [0.2, 0.25) is 0 Å². The Balaban J connectivity index is 2.00. The van der Waals surface area contributed by atoms with E-state index >= 15 is 0 Å². The van der Waals surface area contributed by atoms with Gasteiger partial charge in [-0.25, -0.2) is 8.78 Å². The molecule has 5 heteroatoms. The standard InChI is InChI=1S/C5H7F2N3/c6-4(7)5(9-10-5)3-1-8-2-3/h3-4,8H,1-2H2. The third kappa shape index (κ3) is 0.608. The highest BCUT2D eigenvalue weighted by atomic mass is 19.3. The summed E-state index contributed by atoms with van der Waals surface area (Å²) in [5, 5.41) is 9.69. The van der Waals surface area contributed by atoms with Crippen molar-refractivity contribution in [3.63, 3.8) is 0 Å². The second-order valence-electron chi connectivity index (χ2n) is 2.64. The Labute approximate surface area is 56.5 Å². The number of nitrogens with one attached hydrogen (secondary N) is 1. The maximum Gasteiger partial charge on any atom is 0.287 e. The molecule has 0 aromatic carbocycles. The lowest BCUT2D eigenvalue weighted by molar-refractivity contribution is 0.0462. The highest BCUT2D eigenvalue weighted by Gasteiger charge is 2.57. The molecule has 2 aliphatic rings. The summed E-state index contributed by atoms with van der Waals surface area (Å²) >= 11 is 0. The summed E-state index contributed by atoms with van der Waals surface area (Å²) in [7, 11) is 0. The first-order valence-electron chi connectivity index (χ1n) is 3.18. The molecule has 0 aromatic rings. The molecule has 0 atom stereocenters. The van der Waals surface area contributed by atoms with E-state index in [1.54, 1.807) is 0 Å². The van der Waals surface area contributed by atoms with Gasteiger partial charge in [-0.3, -0.25) is 0 Å². The van der Waals surface area contributed by atoms with E-state index in [2.05, 4.69) is 15.5 Å². The predicted octanol–water partition coefficient (Wildman–Crippen LogP) is 0.633. The molecule has 0 radical (unpaired) electrons. The number of rotatable bonds is 2. The van der Waals surface area contributed by atoms with Crippen molar-refractivity contribution >= 4 is 0 Å². The fourth-order valence-electron chi connectivity index (χ4n) is 1.08. The molecule has 1 fully saturated rings. The Kier molecular flexibility index (Phi) is 1.06. The first-order chi connectivity index (χ1) is 4.76. The summed E-state index contributed by atoms with van der Waals surface area (Å²) in [6, 6.07) is 0. The van der Waals surface area contributed by atoms with Crippen LogP contribution < -0.4 is 5.32 Å². The summed E-state index contributed by atoms with van der Waals surface area (Å²) in [5.74, 6) is -0.0625. The van der Waals surface area contributed by atoms with Crippen LogP contribution in [0.15, 0.2) is 10.2 Å². The van der Waals surface area contributed by atoms with Gasteiger partial charge in [0.15, 0.2) is 0 Å². The quantitative estimate of drug-likeness (QED) is 0.611. The molecule has 0 aliphatic carbocycles. The van der Waals surface area contributed by atoms with Crippen LogP contribution in [0.5, 0.6) is 0 Å². The third-order valence-corrected chi connectivity index (χ3v) is 2.03. The average Bonchev–Trinajstić information content (AvgIpc) is 2.41. The molecular formula is C5H7F2N3. The van der Waals surface area contributed by atoms with Crippen molar-refractivity contribution in [2.75, 3.05) is 13.1 Å². The van der Waals surface area contributed by atoms with Crippen molar-refractivity contribution in [3.8, 4) is 0 Å². The predicted molar refractivity (Wildman–Crippen MR) is 30.0 cm³/mol. The van der Waals surface area contributed by atoms with Crippen molar-refractivity contribution in [1.82, 2.24) is 5.32 Å². The zero-order valence-electron chi connectivity index (χ0n) is 5.22. The van der Waals surface area contributed by atoms with Gasteiger partial charge in [0, 0.05) is 19.0 Å². The van der Waals surface area contributed by atoms with Crippen LogP contribution >= 0.6 is 0 Å². The summed E-state index contributed by atoms with van der Waals surface area (Å²) < 4.78 is 24.3. The highest BCUT2D eigenvalue weighted by molar-refractivity contribution is 5.06. The van der Waals surface area contributed by atoms with Gasteiger partial charge in [0.05, 0.1) is 0 Å². The van der Waals surface area contributed by atoms with Gasteiger partial charge in [0.2, 0.25) is 0 Å². The molecule has 3 nitrogen and oxygen atoms in total. The Morgan fingerprint density at radius 2 is 2.00 bits per heavy atom. The number of nitrogens with zero attached hydrogens (tertiary/aromatic N) is 2. The fourth-order valence-corrected chi connectivity index (χ4v) is 1.08. The zero-order chi connectivity index (χ0) is 7.19. The molecule has 0 saturated carbocycles. The van der Waals surface area contributed by atoms with Crippen molar-refractivity contribution in [2.24, 2.45) is 16.1 Å². The number of alkyl halides is 2. The summed E-state index contributed by atoms with van der Waals surface area (Å²) in [6.07, 6.45) is -2.42. The third-order valence-electron chi connectivity index (χ3n) is 2.03. The molecule has 0 aromatic heterocycles. The van der Waals surface area contributed by atoms with E-state index in [-0.39, 0.29) is 5.92 Å². The van der Waals surface area contributed by atoms with Crippen LogP contribution in [-0.4, -0.2) is 25.2 Å². The average molecular weight is 147 g/mol. The van der Waals surface area contributed by atoms with Crippen LogP contribution in [0.1, 0.15) is 0 Å². The largest absolute Gasteiger partial charge is 0.316 e. The topological polar surface area (TPSA) is 36.8 Å². The smallest absolute Gasteiger partial charge is 0.287 e. The van der Waals surface area contributed by atoms with Crippen molar-refractivity contribution in [3.05, 3.63) is 0 Å². The van der Waals surface area contributed by atoms with E-state index in [0.29, 0.717) is 13.1 Å². The molecule has 0 unspecified atom stereocenters. The first-order valence-corrected chi connectivity index (χ1v) is 3.18. The van der Waals surface area contributed by atoms with E-state index in [1.165, 1.54) is 0 Å². The second-order valence-corrected chi connectivity index (χ2v) is 2.64. The lowest BCUT2D eigenvalue weighted by Crippen LogP contribution is -2.52. The van der Waals surface area contributed by atoms with Crippen LogP contribution in [0.25, 0.3) is 0 Å². The van der Waals surface area contributed by atoms with Gasteiger partial charge in [-0.1, -0.05) is 0 Å². The van der Waals surface area contributed by atoms with Gasteiger partial charge in [0.1, 0.15) is 0 Å². The monoisotopic (exact) mass is 147 g/mol. The maximum absolute atomic E-state index is 12.1. The van der Waals surface area contributed by atoms with E-state index in [1.807, 2.05) is 0 Å². The number of halogens is 2. The highest BCUT2D eigenvalue weighted by Crippen LogP contribution is 2.43. The molecule has 1 saturated heterocycles. The molecule has 0 bridgehead atoms. The molecular weight excluding hydrogens is 140 g/mol. The lowest BCUT2D eigenvalue weighted by Gasteiger charge is -2.30. The van der Waals surface area contributed by atoms with Gasteiger partial charge in [-0.15, -0.1) is 0 Å². The molecule has 0 amide bonds. The Morgan fingerprint density at radius 3 is 2.10 bits per heavy atom. The fraction of sp³-hybridized carbons (Fsp3) is 1.00. The minimum Gasteiger partial charge on any atom is -0.316 e. The van der Waals surface area contributed by atoms with Crippen molar-refractivity contribution in [2.45, 2.75) is 12.1 Å². The Bertz CT molecular complexity index is 170. The Hall–Kier alpha value is -0.580. The van der Waals surface area contributed by atoms with Gasteiger partial charge >= 0.3 is 0 Å². The normalized spacial score (nSPS) is 28.7. The van der Waals surface area contributed by atoms with Crippen molar-refractivity contribution in [1.29, 1.82) is 0 Å². The molecule has 56 valence electrons. The minimum absolute atomic E-state index is 0.0625. The van der Waals surface area contributed by atoms with E-state index in [4.69, 9.17) is 0 Å².